The zero-order valence-electron chi connectivity index (χ0n) is 11.7. The normalized spacial score (nSPS) is 23.2. The molecular formula is C14H24N2O3. The van der Waals surface area contributed by atoms with E-state index in [9.17, 15) is 14.7 Å². The summed E-state index contributed by atoms with van der Waals surface area (Å²) in [6, 6.07) is -0.317. The fraction of sp³-hybridized carbons (Fsp3) is 0.857. The van der Waals surface area contributed by atoms with Gasteiger partial charge in [0, 0.05) is 19.1 Å². The fourth-order valence-corrected chi connectivity index (χ4v) is 2.73. The second-order valence-electron chi connectivity index (χ2n) is 5.60. The van der Waals surface area contributed by atoms with Crippen LogP contribution >= 0.6 is 0 Å². The molecule has 1 aliphatic carbocycles. The van der Waals surface area contributed by atoms with Gasteiger partial charge in [-0.3, -0.25) is 0 Å². The number of carbonyl (C=O) groups excluding carboxylic acids is 1. The topological polar surface area (TPSA) is 60.9 Å². The van der Waals surface area contributed by atoms with E-state index in [1.165, 1.54) is 0 Å². The number of carbonyl (C=O) groups is 2. The maximum absolute atomic E-state index is 12.6. The van der Waals surface area contributed by atoms with Gasteiger partial charge in [-0.15, -0.1) is 0 Å². The highest BCUT2D eigenvalue weighted by molar-refractivity contribution is 5.83. The Balaban J connectivity index is 2.03. The van der Waals surface area contributed by atoms with Gasteiger partial charge < -0.3 is 14.9 Å². The summed E-state index contributed by atoms with van der Waals surface area (Å²) in [4.78, 5) is 27.4. The number of nitrogens with zero attached hydrogens (tertiary/aromatic N) is 2. The molecule has 0 aromatic rings. The average Bonchev–Trinajstić information content (AvgIpc) is 3.23. The van der Waals surface area contributed by atoms with Crippen molar-refractivity contribution in [3.8, 4) is 0 Å². The van der Waals surface area contributed by atoms with E-state index in [0.29, 0.717) is 19.0 Å². The van der Waals surface area contributed by atoms with Gasteiger partial charge in [0.05, 0.1) is 0 Å². The number of unbranched alkanes of at least 4 members (excludes halogenated alkanes) is 1. The van der Waals surface area contributed by atoms with Crippen LogP contribution in [0.5, 0.6) is 0 Å². The van der Waals surface area contributed by atoms with Crippen molar-refractivity contribution < 1.29 is 14.7 Å². The van der Waals surface area contributed by atoms with Gasteiger partial charge in [-0.1, -0.05) is 13.3 Å². The molecule has 2 amide bonds. The largest absolute Gasteiger partial charge is 0.480 e. The second kappa shape index (κ2) is 6.26. The summed E-state index contributed by atoms with van der Waals surface area (Å²) in [6.07, 6.45) is 6.60. The Bertz CT molecular complexity index is 342. The van der Waals surface area contributed by atoms with E-state index in [1.807, 2.05) is 4.90 Å². The second-order valence-corrected chi connectivity index (χ2v) is 5.60. The lowest BCUT2D eigenvalue weighted by Gasteiger charge is -2.37. The highest BCUT2D eigenvalue weighted by atomic mass is 16.4. The van der Waals surface area contributed by atoms with Gasteiger partial charge in [0.15, 0.2) is 0 Å². The minimum absolute atomic E-state index is 0.0527. The molecule has 1 heterocycles. The van der Waals surface area contributed by atoms with Gasteiger partial charge in [-0.05, 0) is 38.5 Å². The number of hydrogen-bond acceptors (Lipinski definition) is 2. The minimum atomic E-state index is -0.862. The number of piperidine rings is 1. The Labute approximate surface area is 114 Å². The predicted molar refractivity (Wildman–Crippen MR) is 72.0 cm³/mol. The molecule has 0 aromatic heterocycles. The van der Waals surface area contributed by atoms with Gasteiger partial charge >= 0.3 is 12.0 Å². The smallest absolute Gasteiger partial charge is 0.326 e. The first-order valence-corrected chi connectivity index (χ1v) is 7.45. The number of urea groups is 1. The van der Waals surface area contributed by atoms with Crippen LogP contribution in [-0.4, -0.2) is 52.1 Å². The van der Waals surface area contributed by atoms with Crippen LogP contribution in [0, 0.1) is 0 Å². The van der Waals surface area contributed by atoms with Crippen LogP contribution in [0.4, 0.5) is 4.79 Å². The van der Waals surface area contributed by atoms with E-state index in [4.69, 9.17) is 0 Å². The first-order chi connectivity index (χ1) is 9.15. The molecule has 0 spiro atoms. The Morgan fingerprint density at radius 2 is 2.00 bits per heavy atom. The summed E-state index contributed by atoms with van der Waals surface area (Å²) in [7, 11) is 0. The third-order valence-electron chi connectivity index (χ3n) is 4.02. The van der Waals surface area contributed by atoms with E-state index < -0.39 is 12.0 Å². The molecule has 1 unspecified atom stereocenters. The number of hydrogen-bond donors (Lipinski definition) is 1. The Hall–Kier alpha value is -1.26. The number of rotatable bonds is 5. The number of aliphatic carboxylic acids is 1. The van der Waals surface area contributed by atoms with Gasteiger partial charge in [-0.25, -0.2) is 9.59 Å². The van der Waals surface area contributed by atoms with Crippen LogP contribution in [0.1, 0.15) is 51.9 Å². The summed E-state index contributed by atoms with van der Waals surface area (Å²) in [5.41, 5.74) is 0. The van der Waals surface area contributed by atoms with E-state index in [1.54, 1.807) is 4.90 Å². The minimum Gasteiger partial charge on any atom is -0.480 e. The molecule has 1 saturated heterocycles. The van der Waals surface area contributed by atoms with E-state index in [2.05, 4.69) is 6.92 Å². The first-order valence-electron chi connectivity index (χ1n) is 7.45. The molecule has 2 aliphatic rings. The monoisotopic (exact) mass is 268 g/mol. The zero-order chi connectivity index (χ0) is 13.8. The summed E-state index contributed by atoms with van der Waals surface area (Å²) in [6.45, 7) is 3.46. The van der Waals surface area contributed by atoms with Gasteiger partial charge in [0.2, 0.25) is 0 Å². The van der Waals surface area contributed by atoms with Crippen LogP contribution in [0.2, 0.25) is 0 Å². The summed E-state index contributed by atoms with van der Waals surface area (Å²) >= 11 is 0. The molecule has 1 saturated carbocycles. The Kier molecular flexibility index (Phi) is 4.66. The molecule has 1 atom stereocenters. The van der Waals surface area contributed by atoms with Crippen LogP contribution in [0.3, 0.4) is 0 Å². The van der Waals surface area contributed by atoms with Gasteiger partial charge in [-0.2, -0.15) is 0 Å². The van der Waals surface area contributed by atoms with E-state index >= 15 is 0 Å². The van der Waals surface area contributed by atoms with Crippen LogP contribution in [0.25, 0.3) is 0 Å². The molecule has 2 rings (SSSR count). The Morgan fingerprint density at radius 3 is 2.58 bits per heavy atom. The Morgan fingerprint density at radius 1 is 1.26 bits per heavy atom. The fourth-order valence-electron chi connectivity index (χ4n) is 2.73. The zero-order valence-corrected chi connectivity index (χ0v) is 11.7. The molecular weight excluding hydrogens is 244 g/mol. The van der Waals surface area contributed by atoms with Crippen LogP contribution in [0.15, 0.2) is 0 Å². The van der Waals surface area contributed by atoms with Crippen LogP contribution < -0.4 is 0 Å². The van der Waals surface area contributed by atoms with Crippen molar-refractivity contribution in [3.63, 3.8) is 0 Å². The maximum atomic E-state index is 12.6. The molecule has 0 aromatic carbocycles. The SMILES string of the molecule is CCCCN(C(=O)N1CCCCC1C(=O)O)C1CC1. The molecule has 1 aliphatic heterocycles. The highest BCUT2D eigenvalue weighted by Gasteiger charge is 2.39. The average molecular weight is 268 g/mol. The van der Waals surface area contributed by atoms with E-state index in [-0.39, 0.29) is 6.03 Å². The predicted octanol–water partition coefficient (Wildman–Crippen LogP) is 2.31. The standard InChI is InChI=1S/C14H24N2O3/c1-2-3-9-15(11-7-8-11)14(19)16-10-5-4-6-12(16)13(17)18/h11-12H,2-10H2,1H3,(H,17,18). The van der Waals surface area contributed by atoms with Gasteiger partial charge in [0.25, 0.3) is 0 Å². The van der Waals surface area contributed by atoms with Crippen molar-refractivity contribution in [2.24, 2.45) is 0 Å². The number of amides is 2. The summed E-state index contributed by atoms with van der Waals surface area (Å²) in [5, 5.41) is 9.26. The third kappa shape index (κ3) is 3.39. The van der Waals surface area contributed by atoms with Gasteiger partial charge in [0.1, 0.15) is 6.04 Å². The lowest BCUT2D eigenvalue weighted by Crippen LogP contribution is -2.53. The molecule has 0 bridgehead atoms. The van der Waals surface area contributed by atoms with E-state index in [0.717, 1.165) is 45.1 Å². The summed E-state index contributed by atoms with van der Waals surface area (Å²) < 4.78 is 0. The highest BCUT2D eigenvalue weighted by Crippen LogP contribution is 2.29. The van der Waals surface area contributed by atoms with Crippen LogP contribution in [-0.2, 0) is 4.79 Å². The van der Waals surface area contributed by atoms with Crippen molar-refractivity contribution in [2.75, 3.05) is 13.1 Å². The maximum Gasteiger partial charge on any atom is 0.326 e. The number of carboxylic acids is 1. The molecule has 5 nitrogen and oxygen atoms in total. The third-order valence-corrected chi connectivity index (χ3v) is 4.02. The molecule has 1 N–H and O–H groups in total. The lowest BCUT2D eigenvalue weighted by atomic mass is 10.0. The number of likely N-dealkylation sites (tertiary alicyclic amines) is 1. The van der Waals surface area contributed by atoms with Crippen molar-refractivity contribution in [1.82, 2.24) is 9.80 Å². The quantitative estimate of drug-likeness (QED) is 0.832. The first kappa shape index (κ1) is 14.2. The molecule has 108 valence electrons. The molecule has 2 fully saturated rings. The van der Waals surface area contributed by atoms with Crippen molar-refractivity contribution in [3.05, 3.63) is 0 Å². The van der Waals surface area contributed by atoms with Crippen molar-refractivity contribution >= 4 is 12.0 Å². The lowest BCUT2D eigenvalue weighted by molar-refractivity contribution is -0.143. The van der Waals surface area contributed by atoms with Crippen molar-refractivity contribution in [2.45, 2.75) is 64.0 Å². The molecule has 5 heteroatoms. The number of carboxylic acid groups (broad SMARTS) is 1. The molecule has 19 heavy (non-hydrogen) atoms. The summed E-state index contributed by atoms with van der Waals surface area (Å²) in [5.74, 6) is -0.862. The molecule has 0 radical (unpaired) electrons. The van der Waals surface area contributed by atoms with Crippen molar-refractivity contribution in [1.29, 1.82) is 0 Å².